The van der Waals surface area contributed by atoms with Crippen molar-refractivity contribution < 1.29 is 14.7 Å². The minimum Gasteiger partial charge on any atom is -0.481 e. The summed E-state index contributed by atoms with van der Waals surface area (Å²) in [5.41, 5.74) is 3.03. The monoisotopic (exact) mass is 503 g/mol. The van der Waals surface area contributed by atoms with Crippen molar-refractivity contribution in [3.8, 4) is 0 Å². The number of carbonyl (C=O) groups is 2. The normalized spacial score (nSPS) is 11.9. The summed E-state index contributed by atoms with van der Waals surface area (Å²) in [5.74, 6) is 0.453. The van der Waals surface area contributed by atoms with Crippen LogP contribution in [0.25, 0.3) is 0 Å². The number of aromatic nitrogens is 2. The van der Waals surface area contributed by atoms with E-state index in [4.69, 9.17) is 5.11 Å². The van der Waals surface area contributed by atoms with E-state index in [1.807, 2.05) is 39.0 Å². The highest BCUT2D eigenvalue weighted by Crippen LogP contribution is 2.31. The Morgan fingerprint density at radius 1 is 1.17 bits per heavy atom. The van der Waals surface area contributed by atoms with Crippen LogP contribution in [0, 0.1) is 12.8 Å². The van der Waals surface area contributed by atoms with Gasteiger partial charge in [-0.25, -0.2) is 9.97 Å². The summed E-state index contributed by atoms with van der Waals surface area (Å²) in [5, 5.41) is 14.7. The van der Waals surface area contributed by atoms with Crippen LogP contribution in [-0.4, -0.2) is 52.8 Å². The average molecular weight is 504 g/mol. The molecule has 1 saturated carbocycles. The molecule has 0 unspecified atom stereocenters. The van der Waals surface area contributed by atoms with E-state index in [1.165, 1.54) is 19.2 Å². The van der Waals surface area contributed by atoms with Crippen molar-refractivity contribution in [3.63, 3.8) is 0 Å². The molecule has 1 aromatic carbocycles. The lowest BCUT2D eigenvalue weighted by Gasteiger charge is -2.23. The molecule has 1 aromatic heterocycles. The summed E-state index contributed by atoms with van der Waals surface area (Å²) < 4.78 is 0. The fourth-order valence-electron chi connectivity index (χ4n) is 3.42. The lowest BCUT2D eigenvalue weighted by molar-refractivity contribution is -0.136. The minimum absolute atomic E-state index is 0.0877. The van der Waals surface area contributed by atoms with Crippen molar-refractivity contribution >= 4 is 36.0 Å². The number of nitrogens with one attached hydrogen (secondary N) is 2. The molecule has 35 heavy (non-hydrogen) atoms. The topological polar surface area (TPSA) is 107 Å². The number of carbonyl (C=O) groups excluding carboxylic acids is 1. The van der Waals surface area contributed by atoms with Gasteiger partial charge in [0.15, 0.2) is 0 Å². The number of thiol groups is 1. The van der Waals surface area contributed by atoms with Gasteiger partial charge in [0.1, 0.15) is 17.8 Å². The van der Waals surface area contributed by atoms with Crippen molar-refractivity contribution in [1.29, 1.82) is 0 Å². The predicted molar refractivity (Wildman–Crippen MR) is 147 cm³/mol. The van der Waals surface area contributed by atoms with Gasteiger partial charge in [-0.3, -0.25) is 9.59 Å². The van der Waals surface area contributed by atoms with E-state index in [9.17, 15) is 9.59 Å². The maximum Gasteiger partial charge on any atom is 0.304 e. The molecule has 194 valence electrons. The Hall–Kier alpha value is -2.65. The first-order chi connectivity index (χ1) is 17.0. The van der Waals surface area contributed by atoms with Gasteiger partial charge in [-0.1, -0.05) is 32.9 Å². The third-order valence-corrected chi connectivity index (χ3v) is 5.26. The lowest BCUT2D eigenvalue weighted by atomic mass is 10.1. The third-order valence-electron chi connectivity index (χ3n) is 5.26. The van der Waals surface area contributed by atoms with Crippen molar-refractivity contribution in [2.75, 3.05) is 36.1 Å². The van der Waals surface area contributed by atoms with Crippen LogP contribution in [0.4, 0.5) is 11.5 Å². The van der Waals surface area contributed by atoms with Gasteiger partial charge in [-0.2, -0.15) is 12.6 Å². The average Bonchev–Trinajstić information content (AvgIpc) is 3.70. The number of benzene rings is 1. The zero-order valence-electron chi connectivity index (χ0n) is 21.7. The third kappa shape index (κ3) is 11.1. The minimum atomic E-state index is -0.819. The number of rotatable bonds is 12. The molecule has 0 aliphatic heterocycles. The standard InChI is InChI=1S/C23H31N5O3.C2H6.CH4S/c1-3-10-28(14-17-4-5-17)21-12-20(25-15-26-21)23(31)27-19-7-6-18(11-16(19)2)13-24-9-8-22(29)30;2*1-2/h6-7,11-12,15,17,24H,3-5,8-10,13-14H2,1-2H3,(H,27,31)(H,29,30);1-2H3;2H,1H3. The molecule has 0 saturated heterocycles. The molecule has 9 heteroatoms. The SMILES string of the molecule is CC.CCCN(CC1CC1)c1cc(C(=O)Nc2ccc(CNCCC(=O)O)cc2C)ncn1.CS. The molecule has 0 bridgehead atoms. The molecule has 1 aliphatic rings. The summed E-state index contributed by atoms with van der Waals surface area (Å²) in [7, 11) is 0. The van der Waals surface area contributed by atoms with E-state index >= 15 is 0 Å². The highest BCUT2D eigenvalue weighted by molar-refractivity contribution is 7.79. The second-order valence-corrected chi connectivity index (χ2v) is 8.07. The van der Waals surface area contributed by atoms with Crippen LogP contribution in [0.3, 0.4) is 0 Å². The van der Waals surface area contributed by atoms with Crippen molar-refractivity contribution in [2.45, 2.75) is 59.9 Å². The second kappa shape index (κ2) is 16.9. The molecule has 1 heterocycles. The summed E-state index contributed by atoms with van der Waals surface area (Å²) in [6, 6.07) is 7.53. The Kier molecular flexibility index (Phi) is 14.7. The highest BCUT2D eigenvalue weighted by atomic mass is 32.1. The number of aliphatic carboxylic acids is 1. The van der Waals surface area contributed by atoms with E-state index in [1.54, 1.807) is 12.3 Å². The molecule has 3 rings (SSSR count). The molecule has 2 aromatic rings. The highest BCUT2D eigenvalue weighted by Gasteiger charge is 2.25. The maximum atomic E-state index is 12.8. The van der Waals surface area contributed by atoms with Gasteiger partial charge >= 0.3 is 5.97 Å². The predicted octanol–water partition coefficient (Wildman–Crippen LogP) is 4.80. The van der Waals surface area contributed by atoms with E-state index in [0.717, 1.165) is 48.1 Å². The molecule has 0 spiro atoms. The summed E-state index contributed by atoms with van der Waals surface area (Å²) in [6.07, 6.45) is 6.80. The molecule has 0 atom stereocenters. The van der Waals surface area contributed by atoms with Crippen molar-refractivity contribution in [3.05, 3.63) is 47.4 Å². The summed E-state index contributed by atoms with van der Waals surface area (Å²) >= 11 is 3.53. The van der Waals surface area contributed by atoms with Crippen molar-refractivity contribution in [2.24, 2.45) is 5.92 Å². The Labute approximate surface area is 215 Å². The smallest absolute Gasteiger partial charge is 0.304 e. The first-order valence-electron chi connectivity index (χ1n) is 12.3. The Bertz CT molecular complexity index is 922. The van der Waals surface area contributed by atoms with Gasteiger partial charge in [-0.15, -0.1) is 0 Å². The summed E-state index contributed by atoms with van der Waals surface area (Å²) in [4.78, 5) is 34.2. The van der Waals surface area contributed by atoms with E-state index in [-0.39, 0.29) is 12.3 Å². The number of aryl methyl sites for hydroxylation is 1. The Morgan fingerprint density at radius 3 is 2.49 bits per heavy atom. The Balaban J connectivity index is 0.00000145. The van der Waals surface area contributed by atoms with Gasteiger partial charge in [0, 0.05) is 37.9 Å². The maximum absolute atomic E-state index is 12.8. The van der Waals surface area contributed by atoms with Gasteiger partial charge in [0.05, 0.1) is 6.42 Å². The van der Waals surface area contributed by atoms with Crippen LogP contribution in [0.2, 0.25) is 0 Å². The zero-order chi connectivity index (χ0) is 26.2. The number of hydrogen-bond acceptors (Lipinski definition) is 7. The first kappa shape index (κ1) is 30.4. The largest absolute Gasteiger partial charge is 0.481 e. The molecule has 1 fully saturated rings. The van der Waals surface area contributed by atoms with Gasteiger partial charge in [-0.05, 0) is 55.6 Å². The van der Waals surface area contributed by atoms with Crippen LogP contribution in [0.15, 0.2) is 30.6 Å². The van der Waals surface area contributed by atoms with Gasteiger partial charge in [0.2, 0.25) is 0 Å². The fraction of sp³-hybridized carbons (Fsp3) is 0.538. The van der Waals surface area contributed by atoms with Crippen LogP contribution >= 0.6 is 12.6 Å². The molecule has 3 N–H and O–H groups in total. The molecule has 0 radical (unpaired) electrons. The number of carboxylic acids is 1. The quantitative estimate of drug-likeness (QED) is 0.243. The van der Waals surface area contributed by atoms with Crippen LogP contribution in [0.1, 0.15) is 68.1 Å². The van der Waals surface area contributed by atoms with E-state index in [0.29, 0.717) is 18.8 Å². The van der Waals surface area contributed by atoms with Crippen LogP contribution in [0.5, 0.6) is 0 Å². The molecular weight excluding hydrogens is 462 g/mol. The fourth-order valence-corrected chi connectivity index (χ4v) is 3.42. The number of carboxylic acid groups (broad SMARTS) is 1. The molecule has 1 amide bonds. The first-order valence-corrected chi connectivity index (χ1v) is 13.2. The number of hydrogen-bond donors (Lipinski definition) is 4. The number of amides is 1. The summed E-state index contributed by atoms with van der Waals surface area (Å²) in [6.45, 7) is 11.0. The zero-order valence-corrected chi connectivity index (χ0v) is 22.6. The van der Waals surface area contributed by atoms with Crippen molar-refractivity contribution in [1.82, 2.24) is 15.3 Å². The number of nitrogens with zero attached hydrogens (tertiary/aromatic N) is 3. The van der Waals surface area contributed by atoms with Gasteiger partial charge in [0.25, 0.3) is 5.91 Å². The molecule has 1 aliphatic carbocycles. The van der Waals surface area contributed by atoms with E-state index < -0.39 is 5.97 Å². The second-order valence-electron chi connectivity index (χ2n) is 8.07. The molecule has 8 nitrogen and oxygen atoms in total. The van der Waals surface area contributed by atoms with E-state index in [2.05, 4.69) is 45.1 Å². The van der Waals surface area contributed by atoms with Gasteiger partial charge < -0.3 is 20.6 Å². The Morgan fingerprint density at radius 2 is 1.89 bits per heavy atom. The molecular formula is C26H41N5O3S. The number of anilines is 2. The van der Waals surface area contributed by atoms with Crippen LogP contribution in [-0.2, 0) is 11.3 Å². The van der Waals surface area contributed by atoms with Crippen LogP contribution < -0.4 is 15.5 Å². The lowest BCUT2D eigenvalue weighted by Crippen LogP contribution is -2.28.